The van der Waals surface area contributed by atoms with Crippen LogP contribution < -0.4 is 10.1 Å². The van der Waals surface area contributed by atoms with Crippen molar-refractivity contribution < 1.29 is 9.84 Å². The van der Waals surface area contributed by atoms with E-state index in [4.69, 9.17) is 4.74 Å². The Bertz CT molecular complexity index is 328. The minimum atomic E-state index is -0.469. The fraction of sp³-hybridized carbons (Fsp3) is 0.571. The standard InChI is InChI=1S/C14H23NO2/c1-4-12(3)15-9-13(16)10-17-14-8-6-5-7-11(14)2/h5-8,12-13,15-16H,4,9-10H2,1-3H3/t12-,13+/m0/s1. The molecule has 0 saturated carbocycles. The van der Waals surface area contributed by atoms with Gasteiger partial charge in [-0.3, -0.25) is 0 Å². The van der Waals surface area contributed by atoms with Gasteiger partial charge in [-0.05, 0) is 31.9 Å². The van der Waals surface area contributed by atoms with Crippen molar-refractivity contribution in [2.45, 2.75) is 39.3 Å². The topological polar surface area (TPSA) is 41.5 Å². The summed E-state index contributed by atoms with van der Waals surface area (Å²) in [6, 6.07) is 8.27. The van der Waals surface area contributed by atoms with Crippen LogP contribution in [0.3, 0.4) is 0 Å². The molecule has 0 aliphatic carbocycles. The third-order valence-corrected chi connectivity index (χ3v) is 2.84. The number of benzene rings is 1. The molecule has 0 saturated heterocycles. The number of aryl methyl sites for hydroxylation is 1. The van der Waals surface area contributed by atoms with Gasteiger partial charge in [0.05, 0.1) is 0 Å². The van der Waals surface area contributed by atoms with Crippen LogP contribution in [0, 0.1) is 6.92 Å². The van der Waals surface area contributed by atoms with Crippen molar-refractivity contribution in [1.82, 2.24) is 5.32 Å². The second kappa shape index (κ2) is 7.30. The van der Waals surface area contributed by atoms with Crippen LogP contribution in [0.4, 0.5) is 0 Å². The highest BCUT2D eigenvalue weighted by Crippen LogP contribution is 2.16. The number of nitrogens with one attached hydrogen (secondary N) is 1. The summed E-state index contributed by atoms with van der Waals surface area (Å²) in [6.45, 7) is 7.12. The molecule has 0 aliphatic heterocycles. The largest absolute Gasteiger partial charge is 0.491 e. The summed E-state index contributed by atoms with van der Waals surface area (Å²) in [5.41, 5.74) is 1.09. The van der Waals surface area contributed by atoms with E-state index in [0.717, 1.165) is 17.7 Å². The zero-order valence-corrected chi connectivity index (χ0v) is 10.9. The summed E-state index contributed by atoms with van der Waals surface area (Å²) in [5.74, 6) is 0.843. The number of hydrogen-bond donors (Lipinski definition) is 2. The quantitative estimate of drug-likeness (QED) is 0.763. The van der Waals surface area contributed by atoms with Crippen LogP contribution in [-0.2, 0) is 0 Å². The van der Waals surface area contributed by atoms with Gasteiger partial charge in [-0.2, -0.15) is 0 Å². The zero-order chi connectivity index (χ0) is 12.7. The molecule has 0 amide bonds. The van der Waals surface area contributed by atoms with E-state index in [2.05, 4.69) is 19.2 Å². The Labute approximate surface area is 104 Å². The highest BCUT2D eigenvalue weighted by molar-refractivity contribution is 5.31. The molecular formula is C14H23NO2. The smallest absolute Gasteiger partial charge is 0.122 e. The first-order valence-electron chi connectivity index (χ1n) is 6.23. The maximum absolute atomic E-state index is 9.76. The van der Waals surface area contributed by atoms with Crippen molar-refractivity contribution in [1.29, 1.82) is 0 Å². The van der Waals surface area contributed by atoms with Crippen molar-refractivity contribution in [2.24, 2.45) is 0 Å². The lowest BCUT2D eigenvalue weighted by Gasteiger charge is -2.17. The molecule has 1 rings (SSSR count). The normalized spacial score (nSPS) is 14.4. The Morgan fingerprint density at radius 3 is 2.71 bits per heavy atom. The summed E-state index contributed by atoms with van der Waals surface area (Å²) in [5, 5.41) is 13.0. The fourth-order valence-corrected chi connectivity index (χ4v) is 1.44. The van der Waals surface area contributed by atoms with Crippen molar-refractivity contribution in [3.8, 4) is 5.75 Å². The van der Waals surface area contributed by atoms with Crippen LogP contribution >= 0.6 is 0 Å². The van der Waals surface area contributed by atoms with Crippen LogP contribution in [-0.4, -0.2) is 30.4 Å². The van der Waals surface area contributed by atoms with Crippen molar-refractivity contribution in [3.63, 3.8) is 0 Å². The molecule has 2 N–H and O–H groups in total. The number of para-hydroxylation sites is 1. The average molecular weight is 237 g/mol. The van der Waals surface area contributed by atoms with Crippen LogP contribution in [0.2, 0.25) is 0 Å². The van der Waals surface area contributed by atoms with Crippen molar-refractivity contribution >= 4 is 0 Å². The number of ether oxygens (including phenoxy) is 1. The molecule has 0 fully saturated rings. The second-order valence-electron chi connectivity index (χ2n) is 4.45. The van der Waals surface area contributed by atoms with Gasteiger partial charge in [0, 0.05) is 12.6 Å². The lowest BCUT2D eigenvalue weighted by Crippen LogP contribution is -2.36. The number of aliphatic hydroxyl groups is 1. The Morgan fingerprint density at radius 1 is 1.35 bits per heavy atom. The molecule has 0 heterocycles. The van der Waals surface area contributed by atoms with Gasteiger partial charge >= 0.3 is 0 Å². The Morgan fingerprint density at radius 2 is 2.06 bits per heavy atom. The van der Waals surface area contributed by atoms with Crippen LogP contribution in [0.15, 0.2) is 24.3 Å². The third kappa shape index (κ3) is 5.20. The van der Waals surface area contributed by atoms with Crippen LogP contribution in [0.5, 0.6) is 5.75 Å². The summed E-state index contributed by atoms with van der Waals surface area (Å²) in [4.78, 5) is 0. The second-order valence-corrected chi connectivity index (χ2v) is 4.45. The SMILES string of the molecule is CC[C@H](C)NC[C@@H](O)COc1ccccc1C. The van der Waals surface area contributed by atoms with Gasteiger partial charge in [0.25, 0.3) is 0 Å². The van der Waals surface area contributed by atoms with E-state index in [1.165, 1.54) is 0 Å². The first kappa shape index (κ1) is 14.0. The molecule has 1 aromatic carbocycles. The first-order chi connectivity index (χ1) is 8.13. The first-order valence-corrected chi connectivity index (χ1v) is 6.23. The van der Waals surface area contributed by atoms with E-state index < -0.39 is 6.10 Å². The molecule has 3 heteroatoms. The number of rotatable bonds is 7. The molecular weight excluding hydrogens is 214 g/mol. The van der Waals surface area contributed by atoms with E-state index in [9.17, 15) is 5.11 Å². The average Bonchev–Trinajstić information content (AvgIpc) is 2.35. The van der Waals surface area contributed by atoms with Gasteiger partial charge in [0.1, 0.15) is 18.5 Å². The zero-order valence-electron chi connectivity index (χ0n) is 10.9. The molecule has 2 atom stereocenters. The van der Waals surface area contributed by atoms with Crippen LogP contribution in [0.25, 0.3) is 0 Å². The van der Waals surface area contributed by atoms with Gasteiger partial charge in [0.2, 0.25) is 0 Å². The van der Waals surface area contributed by atoms with E-state index >= 15 is 0 Å². The van der Waals surface area contributed by atoms with E-state index in [1.54, 1.807) is 0 Å². The number of hydrogen-bond acceptors (Lipinski definition) is 3. The summed E-state index contributed by atoms with van der Waals surface area (Å²) < 4.78 is 5.57. The Kier molecular flexibility index (Phi) is 6.01. The molecule has 0 bridgehead atoms. The molecule has 17 heavy (non-hydrogen) atoms. The van der Waals surface area contributed by atoms with Gasteiger partial charge in [-0.1, -0.05) is 25.1 Å². The van der Waals surface area contributed by atoms with Crippen molar-refractivity contribution in [3.05, 3.63) is 29.8 Å². The molecule has 1 aromatic rings. The van der Waals surface area contributed by atoms with E-state index in [-0.39, 0.29) is 0 Å². The summed E-state index contributed by atoms with van der Waals surface area (Å²) >= 11 is 0. The lowest BCUT2D eigenvalue weighted by molar-refractivity contribution is 0.103. The monoisotopic (exact) mass is 237 g/mol. The predicted molar refractivity (Wildman–Crippen MR) is 70.4 cm³/mol. The molecule has 0 aliphatic rings. The van der Waals surface area contributed by atoms with Crippen LogP contribution in [0.1, 0.15) is 25.8 Å². The van der Waals surface area contributed by atoms with Crippen molar-refractivity contribution in [2.75, 3.05) is 13.2 Å². The molecule has 0 aromatic heterocycles. The molecule has 96 valence electrons. The summed E-state index contributed by atoms with van der Waals surface area (Å²) in [6.07, 6.45) is 0.592. The molecule has 0 unspecified atom stereocenters. The predicted octanol–water partition coefficient (Wildman–Crippen LogP) is 2.12. The highest BCUT2D eigenvalue weighted by atomic mass is 16.5. The molecule has 3 nitrogen and oxygen atoms in total. The summed E-state index contributed by atoms with van der Waals surface area (Å²) in [7, 11) is 0. The van der Waals surface area contributed by atoms with Gasteiger partial charge in [-0.15, -0.1) is 0 Å². The molecule has 0 spiro atoms. The van der Waals surface area contributed by atoms with Gasteiger partial charge in [0.15, 0.2) is 0 Å². The fourth-order valence-electron chi connectivity index (χ4n) is 1.44. The Balaban J connectivity index is 2.28. The lowest BCUT2D eigenvalue weighted by atomic mass is 10.2. The highest BCUT2D eigenvalue weighted by Gasteiger charge is 2.07. The number of aliphatic hydroxyl groups excluding tert-OH is 1. The van der Waals surface area contributed by atoms with Gasteiger partial charge in [-0.25, -0.2) is 0 Å². The Hall–Kier alpha value is -1.06. The van der Waals surface area contributed by atoms with E-state index in [0.29, 0.717) is 19.2 Å². The minimum absolute atomic E-state index is 0.328. The third-order valence-electron chi connectivity index (χ3n) is 2.84. The maximum Gasteiger partial charge on any atom is 0.122 e. The maximum atomic E-state index is 9.76. The minimum Gasteiger partial charge on any atom is -0.491 e. The van der Waals surface area contributed by atoms with Gasteiger partial charge < -0.3 is 15.2 Å². The molecule has 0 radical (unpaired) electrons. The van der Waals surface area contributed by atoms with E-state index in [1.807, 2.05) is 31.2 Å².